The van der Waals surface area contributed by atoms with E-state index in [4.69, 9.17) is 9.47 Å². The van der Waals surface area contributed by atoms with Gasteiger partial charge < -0.3 is 40.3 Å². The fourth-order valence-electron chi connectivity index (χ4n) is 5.25. The van der Waals surface area contributed by atoms with E-state index in [1.165, 1.54) is 32.1 Å². The third-order valence-electron chi connectivity index (χ3n) is 8.29. The molecule has 1 saturated heterocycles. The lowest BCUT2D eigenvalue weighted by molar-refractivity contribution is -0.302. The number of allylic oxidation sites excluding steroid dienone is 11. The second-order valence-electron chi connectivity index (χ2n) is 12.6. The molecule has 0 aromatic heterocycles. The summed E-state index contributed by atoms with van der Waals surface area (Å²) in [5.41, 5.74) is 0. The predicted molar refractivity (Wildman–Crippen MR) is 198 cm³/mol. The number of ether oxygens (including phenoxy) is 2. The zero-order valence-electron chi connectivity index (χ0n) is 30.2. The van der Waals surface area contributed by atoms with Crippen LogP contribution in [0.5, 0.6) is 0 Å². The molecule has 1 rings (SSSR count). The molecule has 9 nitrogen and oxygen atoms in total. The standard InChI is InChI=1S/C40H67NO8/c1-3-5-7-9-11-13-14-15-16-17-18-19-20-22-24-26-28-30-36(44)41-33(34(43)29-27-25-23-21-12-10-8-6-4-2)32-48-40-39(47)38(46)37(45)35(31-42)49-40/h5,7,11,13,15-16,18-19,22,24,27,29,33-35,37-40,42-43,45-47H,3-4,6,8-10,12,14,17,20-21,23,25-26,28,30-32H2,1-2H3,(H,41,44)/b7-5-,13-11-,16-15-,19-18-,24-22-,29-27+. The van der Waals surface area contributed by atoms with Gasteiger partial charge in [-0.1, -0.05) is 125 Å². The summed E-state index contributed by atoms with van der Waals surface area (Å²) in [5, 5.41) is 53.7. The minimum atomic E-state index is -1.58. The predicted octanol–water partition coefficient (Wildman–Crippen LogP) is 6.27. The van der Waals surface area contributed by atoms with E-state index in [1.807, 2.05) is 6.08 Å². The number of aliphatic hydroxyl groups is 5. The number of amides is 1. The molecular formula is C40H67NO8. The van der Waals surface area contributed by atoms with E-state index in [0.29, 0.717) is 6.42 Å². The van der Waals surface area contributed by atoms with Crippen molar-refractivity contribution in [2.45, 2.75) is 159 Å². The van der Waals surface area contributed by atoms with Gasteiger partial charge in [-0.2, -0.15) is 0 Å². The molecule has 1 amide bonds. The summed E-state index contributed by atoms with van der Waals surface area (Å²) < 4.78 is 11.1. The molecule has 1 aliphatic rings. The van der Waals surface area contributed by atoms with Gasteiger partial charge in [-0.3, -0.25) is 4.79 Å². The number of nitrogens with one attached hydrogen (secondary N) is 1. The van der Waals surface area contributed by atoms with Crippen LogP contribution in [-0.2, 0) is 14.3 Å². The van der Waals surface area contributed by atoms with Gasteiger partial charge in [0.05, 0.1) is 25.4 Å². The van der Waals surface area contributed by atoms with Crippen molar-refractivity contribution in [1.82, 2.24) is 5.32 Å². The van der Waals surface area contributed by atoms with E-state index in [2.05, 4.69) is 79.9 Å². The largest absolute Gasteiger partial charge is 0.394 e. The van der Waals surface area contributed by atoms with Crippen molar-refractivity contribution in [3.8, 4) is 0 Å². The molecular weight excluding hydrogens is 622 g/mol. The fourth-order valence-corrected chi connectivity index (χ4v) is 5.25. The summed E-state index contributed by atoms with van der Waals surface area (Å²) in [7, 11) is 0. The average Bonchev–Trinajstić information content (AvgIpc) is 3.10. The lowest BCUT2D eigenvalue weighted by Gasteiger charge is -2.40. The van der Waals surface area contributed by atoms with Crippen LogP contribution < -0.4 is 5.32 Å². The second kappa shape index (κ2) is 30.5. The SMILES string of the molecule is CC/C=C\C/C=C\C/C=C\C/C=C\C/C=C\CCCC(=O)NC(COC1OC(CO)C(O)C(O)C1O)C(O)/C=C/CCCCCCCCC. The maximum absolute atomic E-state index is 12.8. The van der Waals surface area contributed by atoms with Crippen LogP contribution >= 0.6 is 0 Å². The molecule has 280 valence electrons. The molecule has 7 atom stereocenters. The highest BCUT2D eigenvalue weighted by molar-refractivity contribution is 5.76. The summed E-state index contributed by atoms with van der Waals surface area (Å²) >= 11 is 0. The van der Waals surface area contributed by atoms with Gasteiger partial charge in [-0.05, 0) is 57.8 Å². The highest BCUT2D eigenvalue weighted by Gasteiger charge is 2.44. The number of aliphatic hydroxyl groups excluding tert-OH is 5. The first-order valence-corrected chi connectivity index (χ1v) is 18.7. The Morgan fingerprint density at radius 3 is 1.86 bits per heavy atom. The van der Waals surface area contributed by atoms with Crippen molar-refractivity contribution in [2.24, 2.45) is 0 Å². The van der Waals surface area contributed by atoms with Crippen LogP contribution in [0, 0.1) is 0 Å². The second-order valence-corrected chi connectivity index (χ2v) is 12.6. The number of unbranched alkanes of at least 4 members (excludes halogenated alkanes) is 8. The molecule has 49 heavy (non-hydrogen) atoms. The van der Waals surface area contributed by atoms with Crippen LogP contribution in [0.15, 0.2) is 72.9 Å². The first kappa shape index (κ1) is 44.7. The Labute approximate surface area is 296 Å². The lowest BCUT2D eigenvalue weighted by Crippen LogP contribution is -2.60. The Morgan fingerprint density at radius 2 is 1.27 bits per heavy atom. The maximum Gasteiger partial charge on any atom is 0.220 e. The number of carbonyl (C=O) groups is 1. The third kappa shape index (κ3) is 22.1. The zero-order valence-corrected chi connectivity index (χ0v) is 30.2. The topological polar surface area (TPSA) is 149 Å². The fraction of sp³-hybridized carbons (Fsp3) is 0.675. The van der Waals surface area contributed by atoms with Crippen molar-refractivity contribution >= 4 is 5.91 Å². The van der Waals surface area contributed by atoms with E-state index >= 15 is 0 Å². The minimum absolute atomic E-state index is 0.216. The molecule has 1 heterocycles. The van der Waals surface area contributed by atoms with Crippen LogP contribution in [-0.4, -0.2) is 87.5 Å². The Morgan fingerprint density at radius 1 is 0.714 bits per heavy atom. The molecule has 1 aliphatic heterocycles. The molecule has 0 aliphatic carbocycles. The Hall–Kier alpha value is -2.37. The number of hydrogen-bond donors (Lipinski definition) is 6. The Balaban J connectivity index is 2.50. The summed E-state index contributed by atoms with van der Waals surface area (Å²) in [6, 6.07) is -0.834. The van der Waals surface area contributed by atoms with Gasteiger partial charge in [0.15, 0.2) is 6.29 Å². The van der Waals surface area contributed by atoms with E-state index < -0.39 is 49.5 Å². The number of hydrogen-bond acceptors (Lipinski definition) is 8. The van der Waals surface area contributed by atoms with Gasteiger partial charge in [-0.25, -0.2) is 0 Å². The van der Waals surface area contributed by atoms with Gasteiger partial charge in [0.1, 0.15) is 24.4 Å². The molecule has 0 bridgehead atoms. The number of carbonyl (C=O) groups excluding carboxylic acids is 1. The molecule has 0 radical (unpaired) electrons. The monoisotopic (exact) mass is 689 g/mol. The van der Waals surface area contributed by atoms with E-state index in [-0.39, 0.29) is 18.9 Å². The normalized spacial score (nSPS) is 23.3. The summed E-state index contributed by atoms with van der Waals surface area (Å²) in [4.78, 5) is 12.8. The molecule has 0 aromatic rings. The molecule has 0 saturated carbocycles. The van der Waals surface area contributed by atoms with Crippen LogP contribution in [0.3, 0.4) is 0 Å². The van der Waals surface area contributed by atoms with Crippen LogP contribution in [0.1, 0.15) is 117 Å². The van der Waals surface area contributed by atoms with Gasteiger partial charge in [0.2, 0.25) is 5.91 Å². The van der Waals surface area contributed by atoms with Crippen molar-refractivity contribution in [3.05, 3.63) is 72.9 Å². The number of rotatable bonds is 28. The van der Waals surface area contributed by atoms with Crippen molar-refractivity contribution in [2.75, 3.05) is 13.2 Å². The van der Waals surface area contributed by atoms with Gasteiger partial charge >= 0.3 is 0 Å². The highest BCUT2D eigenvalue weighted by atomic mass is 16.7. The Kier molecular flexibility index (Phi) is 27.8. The quantitative estimate of drug-likeness (QED) is 0.0416. The van der Waals surface area contributed by atoms with E-state index in [1.54, 1.807) is 6.08 Å². The lowest BCUT2D eigenvalue weighted by atomic mass is 9.99. The van der Waals surface area contributed by atoms with Crippen molar-refractivity contribution in [1.29, 1.82) is 0 Å². The summed E-state index contributed by atoms with van der Waals surface area (Å²) in [6.45, 7) is 3.54. The van der Waals surface area contributed by atoms with Crippen LogP contribution in [0.2, 0.25) is 0 Å². The molecule has 6 N–H and O–H groups in total. The van der Waals surface area contributed by atoms with Crippen molar-refractivity contribution in [3.63, 3.8) is 0 Å². The molecule has 7 unspecified atom stereocenters. The van der Waals surface area contributed by atoms with Crippen LogP contribution in [0.4, 0.5) is 0 Å². The van der Waals surface area contributed by atoms with Crippen LogP contribution in [0.25, 0.3) is 0 Å². The summed E-state index contributed by atoms with van der Waals surface area (Å²) in [6.07, 6.45) is 32.4. The highest BCUT2D eigenvalue weighted by Crippen LogP contribution is 2.22. The van der Waals surface area contributed by atoms with Gasteiger partial charge in [0, 0.05) is 6.42 Å². The first-order valence-electron chi connectivity index (χ1n) is 18.7. The Bertz CT molecular complexity index is 989. The van der Waals surface area contributed by atoms with Gasteiger partial charge in [0.25, 0.3) is 0 Å². The minimum Gasteiger partial charge on any atom is -0.394 e. The maximum atomic E-state index is 12.8. The van der Waals surface area contributed by atoms with Crippen molar-refractivity contribution < 1.29 is 39.8 Å². The average molecular weight is 690 g/mol. The zero-order chi connectivity index (χ0) is 36.0. The van der Waals surface area contributed by atoms with Gasteiger partial charge in [-0.15, -0.1) is 0 Å². The molecule has 1 fully saturated rings. The molecule has 0 aromatic carbocycles. The van der Waals surface area contributed by atoms with E-state index in [9.17, 15) is 30.3 Å². The first-order chi connectivity index (χ1) is 23.8. The van der Waals surface area contributed by atoms with E-state index in [0.717, 1.165) is 57.8 Å². The smallest absolute Gasteiger partial charge is 0.220 e. The molecule has 0 spiro atoms. The molecule has 9 heteroatoms. The third-order valence-corrected chi connectivity index (χ3v) is 8.29. The summed E-state index contributed by atoms with van der Waals surface area (Å²) in [5.74, 6) is -0.241.